The van der Waals surface area contributed by atoms with E-state index in [1.165, 1.54) is 0 Å². The summed E-state index contributed by atoms with van der Waals surface area (Å²) in [5.41, 5.74) is 0. The zero-order valence-corrected chi connectivity index (χ0v) is 11.2. The van der Waals surface area contributed by atoms with E-state index in [9.17, 15) is 4.79 Å². The highest BCUT2D eigenvalue weighted by atomic mass is 16.7. The van der Waals surface area contributed by atoms with Gasteiger partial charge in [0, 0.05) is 6.61 Å². The number of ether oxygens (including phenoxy) is 4. The second-order valence-electron chi connectivity index (χ2n) is 3.85. The van der Waals surface area contributed by atoms with E-state index >= 15 is 0 Å². The van der Waals surface area contributed by atoms with Crippen LogP contribution in [-0.2, 0) is 18.9 Å². The summed E-state index contributed by atoms with van der Waals surface area (Å²) in [4.78, 5) is 10.2. The fraction of sp³-hybridized carbons (Fsp3) is 0.917. The third-order valence-electron chi connectivity index (χ3n) is 2.04. The summed E-state index contributed by atoms with van der Waals surface area (Å²) in [6.07, 6.45) is 0.460. The summed E-state index contributed by atoms with van der Waals surface area (Å²) < 4.78 is 20.2. The molecule has 0 aliphatic heterocycles. The third-order valence-corrected chi connectivity index (χ3v) is 2.04. The summed E-state index contributed by atoms with van der Waals surface area (Å²) >= 11 is 0. The second kappa shape index (κ2) is 12.6. The maximum absolute atomic E-state index is 10.2. The van der Waals surface area contributed by atoms with Crippen LogP contribution in [0.15, 0.2) is 0 Å². The van der Waals surface area contributed by atoms with Crippen LogP contribution >= 0.6 is 0 Å². The summed E-state index contributed by atoms with van der Waals surface area (Å²) in [5, 5.41) is 8.33. The SMILES string of the molecule is CCCCOCCOCCOCC(C)OC(=O)O. The molecule has 0 saturated heterocycles. The van der Waals surface area contributed by atoms with E-state index in [-0.39, 0.29) is 6.61 Å². The molecule has 0 amide bonds. The number of hydrogen-bond donors (Lipinski definition) is 1. The Morgan fingerprint density at radius 1 is 1.06 bits per heavy atom. The van der Waals surface area contributed by atoms with Gasteiger partial charge in [-0.3, -0.25) is 0 Å². The predicted octanol–water partition coefficient (Wildman–Crippen LogP) is 1.92. The molecule has 18 heavy (non-hydrogen) atoms. The van der Waals surface area contributed by atoms with E-state index in [1.807, 2.05) is 0 Å². The molecule has 0 heterocycles. The van der Waals surface area contributed by atoms with Crippen molar-refractivity contribution in [3.8, 4) is 0 Å². The number of carboxylic acid groups (broad SMARTS) is 1. The van der Waals surface area contributed by atoms with Crippen molar-refractivity contribution in [3.63, 3.8) is 0 Å². The zero-order valence-electron chi connectivity index (χ0n) is 11.2. The Morgan fingerprint density at radius 2 is 1.61 bits per heavy atom. The summed E-state index contributed by atoms with van der Waals surface area (Å²) in [5.74, 6) is 0. The van der Waals surface area contributed by atoms with Gasteiger partial charge in [0.25, 0.3) is 0 Å². The lowest BCUT2D eigenvalue weighted by Gasteiger charge is -2.11. The van der Waals surface area contributed by atoms with Crippen LogP contribution in [0.3, 0.4) is 0 Å². The maximum atomic E-state index is 10.2. The molecule has 0 aliphatic rings. The number of hydrogen-bond acceptors (Lipinski definition) is 5. The average Bonchev–Trinajstić information content (AvgIpc) is 2.30. The summed E-state index contributed by atoms with van der Waals surface area (Å²) in [6, 6.07) is 0. The van der Waals surface area contributed by atoms with Gasteiger partial charge in [0.15, 0.2) is 0 Å². The zero-order chi connectivity index (χ0) is 13.6. The molecule has 1 N–H and O–H groups in total. The first-order chi connectivity index (χ1) is 8.66. The lowest BCUT2D eigenvalue weighted by Crippen LogP contribution is -2.20. The minimum atomic E-state index is -1.29. The number of unbranched alkanes of at least 4 members (excludes halogenated alkanes) is 1. The Bertz CT molecular complexity index is 197. The van der Waals surface area contributed by atoms with Gasteiger partial charge in [-0.05, 0) is 13.3 Å². The molecule has 6 nitrogen and oxygen atoms in total. The van der Waals surface area contributed by atoms with E-state index < -0.39 is 12.3 Å². The van der Waals surface area contributed by atoms with Crippen LogP contribution in [0.2, 0.25) is 0 Å². The van der Waals surface area contributed by atoms with E-state index in [2.05, 4.69) is 11.7 Å². The molecule has 108 valence electrons. The molecule has 1 atom stereocenters. The fourth-order valence-corrected chi connectivity index (χ4v) is 1.14. The Kier molecular flexibility index (Phi) is 12.0. The van der Waals surface area contributed by atoms with Gasteiger partial charge >= 0.3 is 6.16 Å². The van der Waals surface area contributed by atoms with E-state index in [1.54, 1.807) is 6.92 Å². The molecule has 1 unspecified atom stereocenters. The number of carbonyl (C=O) groups is 1. The first-order valence-corrected chi connectivity index (χ1v) is 6.29. The summed E-state index contributed by atoms with van der Waals surface area (Å²) in [6.45, 7) is 6.80. The van der Waals surface area contributed by atoms with Crippen LogP contribution in [0.1, 0.15) is 26.7 Å². The Morgan fingerprint density at radius 3 is 2.17 bits per heavy atom. The fourth-order valence-electron chi connectivity index (χ4n) is 1.14. The van der Waals surface area contributed by atoms with Crippen molar-refractivity contribution in [3.05, 3.63) is 0 Å². The molecule has 0 rings (SSSR count). The molecule has 0 fully saturated rings. The van der Waals surface area contributed by atoms with E-state index in [0.717, 1.165) is 19.4 Å². The van der Waals surface area contributed by atoms with Crippen molar-refractivity contribution in [2.75, 3.05) is 39.6 Å². The highest BCUT2D eigenvalue weighted by Gasteiger charge is 2.06. The second-order valence-corrected chi connectivity index (χ2v) is 3.85. The van der Waals surface area contributed by atoms with E-state index in [0.29, 0.717) is 26.4 Å². The summed E-state index contributed by atoms with van der Waals surface area (Å²) in [7, 11) is 0. The van der Waals surface area contributed by atoms with Gasteiger partial charge < -0.3 is 24.1 Å². The first-order valence-electron chi connectivity index (χ1n) is 6.29. The topological polar surface area (TPSA) is 74.2 Å². The minimum Gasteiger partial charge on any atom is -0.450 e. The third kappa shape index (κ3) is 13.2. The molecule has 0 bridgehead atoms. The molecule has 0 spiro atoms. The molecule has 0 saturated carbocycles. The highest BCUT2D eigenvalue weighted by molar-refractivity contribution is 5.56. The Balaban J connectivity index is 3.09. The van der Waals surface area contributed by atoms with Gasteiger partial charge in [-0.25, -0.2) is 4.79 Å². The van der Waals surface area contributed by atoms with Crippen LogP contribution in [0.4, 0.5) is 4.79 Å². The molecular weight excluding hydrogens is 240 g/mol. The monoisotopic (exact) mass is 264 g/mol. The van der Waals surface area contributed by atoms with Gasteiger partial charge in [-0.15, -0.1) is 0 Å². The smallest absolute Gasteiger partial charge is 0.450 e. The van der Waals surface area contributed by atoms with Crippen molar-refractivity contribution in [1.82, 2.24) is 0 Å². The van der Waals surface area contributed by atoms with Crippen LogP contribution in [0.25, 0.3) is 0 Å². The van der Waals surface area contributed by atoms with Crippen LogP contribution < -0.4 is 0 Å². The first kappa shape index (κ1) is 17.2. The molecule has 0 aromatic carbocycles. The molecule has 6 heteroatoms. The normalized spacial score (nSPS) is 12.3. The van der Waals surface area contributed by atoms with Crippen LogP contribution in [0, 0.1) is 0 Å². The van der Waals surface area contributed by atoms with Crippen LogP contribution in [-0.4, -0.2) is 57.0 Å². The van der Waals surface area contributed by atoms with Gasteiger partial charge in [0.2, 0.25) is 0 Å². The van der Waals surface area contributed by atoms with Gasteiger partial charge in [0.05, 0.1) is 33.0 Å². The van der Waals surface area contributed by atoms with E-state index in [4.69, 9.17) is 19.3 Å². The van der Waals surface area contributed by atoms with Crippen LogP contribution in [0.5, 0.6) is 0 Å². The van der Waals surface area contributed by atoms with Gasteiger partial charge in [0.1, 0.15) is 6.10 Å². The number of rotatable bonds is 12. The average molecular weight is 264 g/mol. The van der Waals surface area contributed by atoms with Crippen molar-refractivity contribution in [1.29, 1.82) is 0 Å². The maximum Gasteiger partial charge on any atom is 0.506 e. The van der Waals surface area contributed by atoms with Crippen molar-refractivity contribution < 1.29 is 28.8 Å². The van der Waals surface area contributed by atoms with Crippen molar-refractivity contribution in [2.24, 2.45) is 0 Å². The quantitative estimate of drug-likeness (QED) is 0.429. The Labute approximate surface area is 108 Å². The molecule has 0 radical (unpaired) electrons. The molecular formula is C12H24O6. The molecule has 0 aliphatic carbocycles. The lowest BCUT2D eigenvalue weighted by atomic mass is 10.4. The molecule has 0 aromatic rings. The van der Waals surface area contributed by atoms with Crippen molar-refractivity contribution in [2.45, 2.75) is 32.8 Å². The lowest BCUT2D eigenvalue weighted by molar-refractivity contribution is -0.0195. The van der Waals surface area contributed by atoms with Crippen molar-refractivity contribution >= 4 is 6.16 Å². The van der Waals surface area contributed by atoms with Gasteiger partial charge in [-0.1, -0.05) is 13.3 Å². The predicted molar refractivity (Wildman–Crippen MR) is 65.9 cm³/mol. The highest BCUT2D eigenvalue weighted by Crippen LogP contribution is 1.93. The Hall–Kier alpha value is -0.850. The standard InChI is InChI=1S/C12H24O6/c1-3-4-5-15-6-7-16-8-9-17-10-11(2)18-12(13)14/h11H,3-10H2,1-2H3,(H,13,14). The minimum absolute atomic E-state index is 0.239. The largest absolute Gasteiger partial charge is 0.506 e. The van der Waals surface area contributed by atoms with Gasteiger partial charge in [-0.2, -0.15) is 0 Å². The molecule has 0 aromatic heterocycles.